The van der Waals surface area contributed by atoms with Gasteiger partial charge in [0.2, 0.25) is 0 Å². The zero-order chi connectivity index (χ0) is 12.1. The number of hydrogen-bond donors (Lipinski definition) is 1. The summed E-state index contributed by atoms with van der Waals surface area (Å²) in [5.41, 5.74) is 1.62. The second-order valence-electron chi connectivity index (χ2n) is 4.35. The van der Waals surface area contributed by atoms with Gasteiger partial charge in [0, 0.05) is 19.6 Å². The molecular weight excluding hydrogens is 214 g/mol. The van der Waals surface area contributed by atoms with Crippen LogP contribution in [0.5, 0.6) is 0 Å². The number of hydrogen-bond acceptors (Lipinski definition) is 3. The van der Waals surface area contributed by atoms with Gasteiger partial charge >= 0.3 is 0 Å². The van der Waals surface area contributed by atoms with Crippen molar-refractivity contribution in [1.82, 2.24) is 10.3 Å². The molecule has 0 bridgehead atoms. The van der Waals surface area contributed by atoms with Crippen molar-refractivity contribution in [3.63, 3.8) is 0 Å². The molecule has 4 heteroatoms. The Morgan fingerprint density at radius 3 is 2.76 bits per heavy atom. The molecule has 1 aliphatic heterocycles. The van der Waals surface area contributed by atoms with Crippen LogP contribution in [0.4, 0.5) is 5.69 Å². The number of aromatic nitrogens is 1. The van der Waals surface area contributed by atoms with E-state index in [1.54, 1.807) is 12.3 Å². The zero-order valence-corrected chi connectivity index (χ0v) is 10.3. The van der Waals surface area contributed by atoms with Crippen LogP contribution < -0.4 is 10.2 Å². The van der Waals surface area contributed by atoms with Crippen LogP contribution in [-0.4, -0.2) is 30.5 Å². The average Bonchev–Trinajstić information content (AvgIpc) is 2.90. The van der Waals surface area contributed by atoms with Gasteiger partial charge in [-0.25, -0.2) is 4.98 Å². The van der Waals surface area contributed by atoms with Crippen molar-refractivity contribution in [2.75, 3.05) is 24.5 Å². The predicted octanol–water partition coefficient (Wildman–Crippen LogP) is 1.82. The Hall–Kier alpha value is -1.58. The van der Waals surface area contributed by atoms with Crippen LogP contribution in [-0.2, 0) is 0 Å². The highest BCUT2D eigenvalue weighted by atomic mass is 16.1. The lowest BCUT2D eigenvalue weighted by Gasteiger charge is -2.16. The van der Waals surface area contributed by atoms with Gasteiger partial charge in [-0.3, -0.25) is 4.79 Å². The molecule has 4 nitrogen and oxygen atoms in total. The first-order valence-corrected chi connectivity index (χ1v) is 6.30. The highest BCUT2D eigenvalue weighted by molar-refractivity contribution is 5.92. The third kappa shape index (κ3) is 2.96. The van der Waals surface area contributed by atoms with E-state index in [-0.39, 0.29) is 5.91 Å². The molecule has 0 aromatic carbocycles. The Kier molecular flexibility index (Phi) is 3.96. The lowest BCUT2D eigenvalue weighted by Crippen LogP contribution is -2.25. The van der Waals surface area contributed by atoms with Gasteiger partial charge in [0.15, 0.2) is 0 Å². The molecule has 1 fully saturated rings. The molecule has 92 valence electrons. The number of anilines is 1. The minimum Gasteiger partial charge on any atom is -0.370 e. The number of nitrogens with one attached hydrogen (secondary N) is 1. The summed E-state index contributed by atoms with van der Waals surface area (Å²) in [7, 11) is 0. The van der Waals surface area contributed by atoms with Crippen LogP contribution in [0.2, 0.25) is 0 Å². The maximum atomic E-state index is 11.6. The molecule has 1 aromatic rings. The summed E-state index contributed by atoms with van der Waals surface area (Å²) in [5.74, 6) is -0.0835. The molecule has 0 radical (unpaired) electrons. The SMILES string of the molecule is CCCNC(=O)c1ccc(N2CCCC2)cn1. The number of rotatable bonds is 4. The minimum atomic E-state index is -0.0835. The quantitative estimate of drug-likeness (QED) is 0.862. The summed E-state index contributed by atoms with van der Waals surface area (Å²) in [6.07, 6.45) is 5.24. The van der Waals surface area contributed by atoms with Crippen LogP contribution in [0.25, 0.3) is 0 Å². The molecule has 1 aromatic heterocycles. The monoisotopic (exact) mass is 233 g/mol. The normalized spacial score (nSPS) is 15.0. The fourth-order valence-corrected chi connectivity index (χ4v) is 2.01. The first-order valence-electron chi connectivity index (χ1n) is 6.30. The zero-order valence-electron chi connectivity index (χ0n) is 10.3. The second-order valence-corrected chi connectivity index (χ2v) is 4.35. The van der Waals surface area contributed by atoms with Crippen molar-refractivity contribution < 1.29 is 4.79 Å². The van der Waals surface area contributed by atoms with Crippen LogP contribution in [0.1, 0.15) is 36.7 Å². The van der Waals surface area contributed by atoms with Crippen LogP contribution >= 0.6 is 0 Å². The minimum absolute atomic E-state index is 0.0835. The molecular formula is C13H19N3O. The van der Waals surface area contributed by atoms with Gasteiger partial charge < -0.3 is 10.2 Å². The molecule has 0 spiro atoms. The van der Waals surface area contributed by atoms with Gasteiger partial charge in [-0.1, -0.05) is 6.92 Å². The Morgan fingerprint density at radius 2 is 2.18 bits per heavy atom. The summed E-state index contributed by atoms with van der Waals surface area (Å²) in [6, 6.07) is 3.79. The van der Waals surface area contributed by atoms with Crippen molar-refractivity contribution in [1.29, 1.82) is 0 Å². The van der Waals surface area contributed by atoms with Crippen molar-refractivity contribution in [2.45, 2.75) is 26.2 Å². The molecule has 0 saturated carbocycles. The summed E-state index contributed by atoms with van der Waals surface area (Å²) >= 11 is 0. The Balaban J connectivity index is 1.99. The smallest absolute Gasteiger partial charge is 0.269 e. The van der Waals surface area contributed by atoms with Crippen LogP contribution in [0.3, 0.4) is 0 Å². The van der Waals surface area contributed by atoms with E-state index in [0.29, 0.717) is 12.2 Å². The van der Waals surface area contributed by atoms with Gasteiger partial charge in [0.1, 0.15) is 5.69 Å². The Bertz CT molecular complexity index is 369. The molecule has 2 rings (SSSR count). The number of carbonyl (C=O) groups excluding carboxylic acids is 1. The summed E-state index contributed by atoms with van der Waals surface area (Å²) in [5, 5.41) is 2.82. The van der Waals surface area contributed by atoms with E-state index in [1.807, 2.05) is 13.0 Å². The first kappa shape index (κ1) is 11.9. The van der Waals surface area contributed by atoms with E-state index in [9.17, 15) is 4.79 Å². The van der Waals surface area contributed by atoms with Gasteiger partial charge in [-0.05, 0) is 31.4 Å². The first-order chi connectivity index (χ1) is 8.31. The van der Waals surface area contributed by atoms with E-state index in [2.05, 4.69) is 15.2 Å². The fraction of sp³-hybridized carbons (Fsp3) is 0.538. The van der Waals surface area contributed by atoms with E-state index in [0.717, 1.165) is 25.2 Å². The highest BCUT2D eigenvalue weighted by Gasteiger charge is 2.13. The van der Waals surface area contributed by atoms with Crippen LogP contribution in [0, 0.1) is 0 Å². The number of amides is 1. The summed E-state index contributed by atoms with van der Waals surface area (Å²) < 4.78 is 0. The topological polar surface area (TPSA) is 45.2 Å². The molecule has 1 amide bonds. The van der Waals surface area contributed by atoms with Crippen molar-refractivity contribution in [3.8, 4) is 0 Å². The molecule has 0 unspecified atom stereocenters. The van der Waals surface area contributed by atoms with Gasteiger partial charge in [-0.15, -0.1) is 0 Å². The van der Waals surface area contributed by atoms with Crippen molar-refractivity contribution >= 4 is 11.6 Å². The number of pyridine rings is 1. The van der Waals surface area contributed by atoms with E-state index in [4.69, 9.17) is 0 Å². The van der Waals surface area contributed by atoms with Gasteiger partial charge in [0.25, 0.3) is 5.91 Å². The third-order valence-electron chi connectivity index (χ3n) is 2.99. The second kappa shape index (κ2) is 5.66. The molecule has 17 heavy (non-hydrogen) atoms. The molecule has 2 heterocycles. The maximum Gasteiger partial charge on any atom is 0.269 e. The standard InChI is InChI=1S/C13H19N3O/c1-2-7-14-13(17)12-6-5-11(10-15-12)16-8-3-4-9-16/h5-6,10H,2-4,7-9H2,1H3,(H,14,17). The highest BCUT2D eigenvalue weighted by Crippen LogP contribution is 2.18. The van der Waals surface area contributed by atoms with E-state index >= 15 is 0 Å². The summed E-state index contributed by atoms with van der Waals surface area (Å²) in [6.45, 7) is 4.94. The largest absolute Gasteiger partial charge is 0.370 e. The molecule has 0 atom stereocenters. The third-order valence-corrected chi connectivity index (χ3v) is 2.99. The van der Waals surface area contributed by atoms with Gasteiger partial charge in [0.05, 0.1) is 11.9 Å². The molecule has 1 N–H and O–H groups in total. The predicted molar refractivity (Wildman–Crippen MR) is 68.3 cm³/mol. The molecule has 1 saturated heterocycles. The maximum absolute atomic E-state index is 11.6. The number of nitrogens with zero attached hydrogens (tertiary/aromatic N) is 2. The van der Waals surface area contributed by atoms with Gasteiger partial charge in [-0.2, -0.15) is 0 Å². The Morgan fingerprint density at radius 1 is 1.41 bits per heavy atom. The fourth-order valence-electron chi connectivity index (χ4n) is 2.01. The van der Waals surface area contributed by atoms with Crippen molar-refractivity contribution in [2.24, 2.45) is 0 Å². The Labute approximate surface area is 102 Å². The van der Waals surface area contributed by atoms with E-state index < -0.39 is 0 Å². The summed E-state index contributed by atoms with van der Waals surface area (Å²) in [4.78, 5) is 18.2. The number of carbonyl (C=O) groups is 1. The van der Waals surface area contributed by atoms with Crippen molar-refractivity contribution in [3.05, 3.63) is 24.0 Å². The lowest BCUT2D eigenvalue weighted by molar-refractivity contribution is 0.0949. The average molecular weight is 233 g/mol. The lowest BCUT2D eigenvalue weighted by atomic mass is 10.3. The van der Waals surface area contributed by atoms with E-state index in [1.165, 1.54) is 12.8 Å². The molecule has 1 aliphatic rings. The molecule has 0 aliphatic carbocycles. The van der Waals surface area contributed by atoms with Crippen LogP contribution in [0.15, 0.2) is 18.3 Å².